The van der Waals surface area contributed by atoms with E-state index in [1.54, 1.807) is 0 Å². The van der Waals surface area contributed by atoms with Crippen LogP contribution in [0.5, 0.6) is 0 Å². The fraction of sp³-hybridized carbons (Fsp3) is 1.00. The summed E-state index contributed by atoms with van der Waals surface area (Å²) in [5.74, 6) is 1.75. The molecule has 3 atom stereocenters. The number of rotatable bonds is 5. The fourth-order valence-electron chi connectivity index (χ4n) is 3.18. The summed E-state index contributed by atoms with van der Waals surface area (Å²) in [6.45, 7) is 9.58. The molecule has 0 aromatic heterocycles. The third-order valence-electron chi connectivity index (χ3n) is 4.55. The highest BCUT2D eigenvalue weighted by molar-refractivity contribution is 4.92. The van der Waals surface area contributed by atoms with E-state index in [9.17, 15) is 0 Å². The van der Waals surface area contributed by atoms with E-state index in [2.05, 4.69) is 40.1 Å². The summed E-state index contributed by atoms with van der Waals surface area (Å²) in [5, 5.41) is 3.56. The van der Waals surface area contributed by atoms with Crippen LogP contribution in [0.4, 0.5) is 0 Å². The molecule has 0 spiro atoms. The van der Waals surface area contributed by atoms with Crippen LogP contribution in [-0.4, -0.2) is 13.1 Å². The number of nitrogens with one attached hydrogen (secondary N) is 1. The quantitative estimate of drug-likeness (QED) is 0.728. The Labute approximate surface area is 96.0 Å². The number of hydrogen-bond acceptors (Lipinski definition) is 1. The van der Waals surface area contributed by atoms with Gasteiger partial charge in [0.25, 0.3) is 0 Å². The van der Waals surface area contributed by atoms with E-state index < -0.39 is 0 Å². The van der Waals surface area contributed by atoms with Crippen molar-refractivity contribution in [2.24, 2.45) is 17.3 Å². The van der Waals surface area contributed by atoms with Crippen LogP contribution in [0.1, 0.15) is 59.8 Å². The van der Waals surface area contributed by atoms with Gasteiger partial charge in [-0.3, -0.25) is 0 Å². The molecule has 0 bridgehead atoms. The summed E-state index contributed by atoms with van der Waals surface area (Å²) in [6, 6.07) is 0.734. The molecule has 90 valence electrons. The van der Waals surface area contributed by atoms with E-state index in [0.29, 0.717) is 5.41 Å². The Morgan fingerprint density at radius 1 is 1.40 bits per heavy atom. The van der Waals surface area contributed by atoms with Crippen molar-refractivity contribution in [1.82, 2.24) is 5.32 Å². The first-order valence-electron chi connectivity index (χ1n) is 6.68. The lowest BCUT2D eigenvalue weighted by Gasteiger charge is -2.35. The summed E-state index contributed by atoms with van der Waals surface area (Å²) in [5.41, 5.74) is 0.557. The highest BCUT2D eigenvalue weighted by Crippen LogP contribution is 2.45. The molecule has 0 aliphatic heterocycles. The van der Waals surface area contributed by atoms with Crippen molar-refractivity contribution in [2.45, 2.75) is 65.8 Å². The minimum absolute atomic E-state index is 0.557. The first-order valence-corrected chi connectivity index (χ1v) is 6.68. The van der Waals surface area contributed by atoms with E-state index in [4.69, 9.17) is 0 Å². The van der Waals surface area contributed by atoms with E-state index in [1.165, 1.54) is 32.1 Å². The zero-order valence-corrected chi connectivity index (χ0v) is 11.3. The molecule has 1 heteroatoms. The van der Waals surface area contributed by atoms with E-state index in [-0.39, 0.29) is 0 Å². The summed E-state index contributed by atoms with van der Waals surface area (Å²) in [7, 11) is 2.14. The molecule has 0 saturated heterocycles. The Bertz CT molecular complexity index is 186. The molecule has 3 unspecified atom stereocenters. The molecule has 15 heavy (non-hydrogen) atoms. The van der Waals surface area contributed by atoms with Crippen LogP contribution in [-0.2, 0) is 0 Å². The standard InChI is InChI=1S/C14H29N/c1-6-11(2)10-13(15-5)12-8-7-9-14(12,3)4/h11-13,15H,6-10H2,1-5H3. The van der Waals surface area contributed by atoms with Crippen LogP contribution in [0.15, 0.2) is 0 Å². The van der Waals surface area contributed by atoms with Gasteiger partial charge in [0.05, 0.1) is 0 Å². The Morgan fingerprint density at radius 3 is 2.47 bits per heavy atom. The minimum Gasteiger partial charge on any atom is -0.317 e. The molecule has 1 aliphatic rings. The Kier molecular flexibility index (Phi) is 4.64. The molecule has 1 aliphatic carbocycles. The summed E-state index contributed by atoms with van der Waals surface area (Å²) in [6.07, 6.45) is 6.92. The van der Waals surface area contributed by atoms with Crippen molar-refractivity contribution in [3.8, 4) is 0 Å². The Hall–Kier alpha value is -0.0400. The lowest BCUT2D eigenvalue weighted by Crippen LogP contribution is -2.40. The van der Waals surface area contributed by atoms with Gasteiger partial charge in [-0.1, -0.05) is 40.5 Å². The third kappa shape index (κ3) is 3.21. The second-order valence-electron chi connectivity index (χ2n) is 6.13. The zero-order chi connectivity index (χ0) is 11.5. The molecular formula is C14H29N. The van der Waals surface area contributed by atoms with Gasteiger partial charge < -0.3 is 5.32 Å². The van der Waals surface area contributed by atoms with Crippen LogP contribution >= 0.6 is 0 Å². The summed E-state index contributed by atoms with van der Waals surface area (Å²) < 4.78 is 0. The second-order valence-corrected chi connectivity index (χ2v) is 6.13. The summed E-state index contributed by atoms with van der Waals surface area (Å²) in [4.78, 5) is 0. The molecule has 0 radical (unpaired) electrons. The van der Waals surface area contributed by atoms with Crippen molar-refractivity contribution < 1.29 is 0 Å². The van der Waals surface area contributed by atoms with Crippen molar-refractivity contribution in [3.05, 3.63) is 0 Å². The van der Waals surface area contributed by atoms with Gasteiger partial charge in [0.1, 0.15) is 0 Å². The maximum absolute atomic E-state index is 3.56. The van der Waals surface area contributed by atoms with Gasteiger partial charge >= 0.3 is 0 Å². The predicted molar refractivity (Wildman–Crippen MR) is 68.0 cm³/mol. The van der Waals surface area contributed by atoms with Crippen molar-refractivity contribution in [1.29, 1.82) is 0 Å². The molecule has 0 aromatic rings. The zero-order valence-electron chi connectivity index (χ0n) is 11.3. The minimum atomic E-state index is 0.557. The second kappa shape index (κ2) is 5.34. The molecule has 0 amide bonds. The SMILES string of the molecule is CCC(C)CC(NC)C1CCCC1(C)C. The molecule has 0 heterocycles. The smallest absolute Gasteiger partial charge is 0.00999 e. The Morgan fingerprint density at radius 2 is 2.07 bits per heavy atom. The average molecular weight is 211 g/mol. The lowest BCUT2D eigenvalue weighted by atomic mass is 9.75. The number of hydrogen-bond donors (Lipinski definition) is 1. The van der Waals surface area contributed by atoms with E-state index in [1.807, 2.05) is 0 Å². The van der Waals surface area contributed by atoms with E-state index in [0.717, 1.165) is 17.9 Å². The van der Waals surface area contributed by atoms with Crippen molar-refractivity contribution >= 4 is 0 Å². The van der Waals surface area contributed by atoms with Gasteiger partial charge in [-0.25, -0.2) is 0 Å². The van der Waals surface area contributed by atoms with Gasteiger partial charge in [0, 0.05) is 6.04 Å². The first-order chi connectivity index (χ1) is 7.01. The average Bonchev–Trinajstić information content (AvgIpc) is 2.54. The molecule has 1 fully saturated rings. The van der Waals surface area contributed by atoms with Crippen LogP contribution < -0.4 is 5.32 Å². The van der Waals surface area contributed by atoms with Gasteiger partial charge in [-0.15, -0.1) is 0 Å². The molecule has 1 N–H and O–H groups in total. The predicted octanol–water partition coefficient (Wildman–Crippen LogP) is 3.84. The molecule has 1 rings (SSSR count). The van der Waals surface area contributed by atoms with Gasteiger partial charge in [-0.05, 0) is 43.6 Å². The van der Waals surface area contributed by atoms with Crippen LogP contribution in [0, 0.1) is 17.3 Å². The highest BCUT2D eigenvalue weighted by atomic mass is 14.9. The molecular weight excluding hydrogens is 182 g/mol. The fourth-order valence-corrected chi connectivity index (χ4v) is 3.18. The summed E-state index contributed by atoms with van der Waals surface area (Å²) >= 11 is 0. The Balaban J connectivity index is 2.58. The van der Waals surface area contributed by atoms with Gasteiger partial charge in [-0.2, -0.15) is 0 Å². The van der Waals surface area contributed by atoms with Crippen molar-refractivity contribution in [2.75, 3.05) is 7.05 Å². The topological polar surface area (TPSA) is 12.0 Å². The van der Waals surface area contributed by atoms with Crippen LogP contribution in [0.3, 0.4) is 0 Å². The van der Waals surface area contributed by atoms with Crippen LogP contribution in [0.25, 0.3) is 0 Å². The largest absolute Gasteiger partial charge is 0.317 e. The van der Waals surface area contributed by atoms with E-state index >= 15 is 0 Å². The van der Waals surface area contributed by atoms with Crippen molar-refractivity contribution in [3.63, 3.8) is 0 Å². The van der Waals surface area contributed by atoms with Gasteiger partial charge in [0.15, 0.2) is 0 Å². The monoisotopic (exact) mass is 211 g/mol. The lowest BCUT2D eigenvalue weighted by molar-refractivity contribution is 0.182. The maximum Gasteiger partial charge on any atom is 0.00999 e. The molecule has 1 nitrogen and oxygen atoms in total. The normalized spacial score (nSPS) is 29.0. The molecule has 1 saturated carbocycles. The third-order valence-corrected chi connectivity index (χ3v) is 4.55. The maximum atomic E-state index is 3.56. The van der Waals surface area contributed by atoms with Gasteiger partial charge in [0.2, 0.25) is 0 Å². The van der Waals surface area contributed by atoms with Crippen LogP contribution in [0.2, 0.25) is 0 Å². The highest BCUT2D eigenvalue weighted by Gasteiger charge is 2.38. The first kappa shape index (κ1) is 13.0. The molecule has 0 aromatic carbocycles.